The van der Waals surface area contributed by atoms with Crippen molar-refractivity contribution in [2.75, 3.05) is 11.5 Å². The molecule has 0 aliphatic carbocycles. The molecule has 2 rings (SSSR count). The van der Waals surface area contributed by atoms with Gasteiger partial charge in [0.2, 0.25) is 0 Å². The van der Waals surface area contributed by atoms with E-state index in [1.165, 1.54) is 145 Å². The lowest BCUT2D eigenvalue weighted by Gasteiger charge is -2.40. The van der Waals surface area contributed by atoms with Crippen molar-refractivity contribution in [1.29, 1.82) is 0 Å². The van der Waals surface area contributed by atoms with Crippen LogP contribution in [0.25, 0.3) is 0 Å². The number of hydrogen-bond donors (Lipinski definition) is 0. The zero-order chi connectivity index (χ0) is 27.0. The van der Waals surface area contributed by atoms with Crippen molar-refractivity contribution in [3.05, 3.63) is 60.7 Å². The lowest BCUT2D eigenvalue weighted by atomic mass is 10.1. The average molecular weight is 557 g/mol. The molecule has 38 heavy (non-hydrogen) atoms. The Balaban J connectivity index is 1.88. The highest BCUT2D eigenvalue weighted by Crippen LogP contribution is 2.69. The molecule has 0 heterocycles. The normalized spacial score (nSPS) is 12.2. The predicted molar refractivity (Wildman–Crippen MR) is 178 cm³/mol. The lowest BCUT2D eigenvalue weighted by molar-refractivity contribution is 0.561. The Hall–Kier alpha value is -0.860. The summed E-state index contributed by atoms with van der Waals surface area (Å²) in [5.74, 6) is 2.76. The smallest absolute Gasteiger partial charge is 0.0170 e. The SMILES string of the molecule is CCCCCCCCCCCCS(CCCCCCCCCCCC)(Sc1ccccc1)c1ccccc1. The van der Waals surface area contributed by atoms with Gasteiger partial charge < -0.3 is 0 Å². The van der Waals surface area contributed by atoms with Crippen molar-refractivity contribution in [3.63, 3.8) is 0 Å². The molecule has 0 N–H and O–H groups in total. The van der Waals surface area contributed by atoms with Crippen molar-refractivity contribution in [2.24, 2.45) is 0 Å². The minimum Gasteiger partial charge on any atom is -0.161 e. The van der Waals surface area contributed by atoms with Gasteiger partial charge >= 0.3 is 0 Å². The molecule has 0 aliphatic heterocycles. The van der Waals surface area contributed by atoms with Crippen LogP contribution in [0.5, 0.6) is 0 Å². The highest BCUT2D eigenvalue weighted by molar-refractivity contribution is 8.94. The van der Waals surface area contributed by atoms with E-state index in [0.717, 1.165) is 0 Å². The maximum Gasteiger partial charge on any atom is 0.0170 e. The van der Waals surface area contributed by atoms with Gasteiger partial charge in [-0.15, -0.1) is 0 Å². The number of unbranched alkanes of at least 4 members (excludes halogenated alkanes) is 18. The molecular formula is C36H60S2. The van der Waals surface area contributed by atoms with Gasteiger partial charge in [0.15, 0.2) is 0 Å². The van der Waals surface area contributed by atoms with Gasteiger partial charge in [-0.25, -0.2) is 0 Å². The Morgan fingerprint density at radius 3 is 1.16 bits per heavy atom. The van der Waals surface area contributed by atoms with E-state index in [1.807, 2.05) is 0 Å². The molecule has 216 valence electrons. The Morgan fingerprint density at radius 1 is 0.421 bits per heavy atom. The summed E-state index contributed by atoms with van der Waals surface area (Å²) in [6.07, 6.45) is 28.4. The average Bonchev–Trinajstić information content (AvgIpc) is 2.96. The van der Waals surface area contributed by atoms with Crippen LogP contribution in [0, 0.1) is 0 Å². The van der Waals surface area contributed by atoms with Crippen molar-refractivity contribution in [3.8, 4) is 0 Å². The molecule has 0 saturated heterocycles. The second-order valence-electron chi connectivity index (χ2n) is 11.3. The summed E-state index contributed by atoms with van der Waals surface area (Å²) >= 11 is 0. The molecule has 2 heteroatoms. The van der Waals surface area contributed by atoms with Gasteiger partial charge in [-0.1, -0.05) is 177 Å². The van der Waals surface area contributed by atoms with E-state index in [0.29, 0.717) is 0 Å². The molecule has 0 bridgehead atoms. The first-order valence-corrected chi connectivity index (χ1v) is 19.7. The van der Waals surface area contributed by atoms with Gasteiger partial charge in [0, 0.05) is 4.90 Å². The van der Waals surface area contributed by atoms with E-state index < -0.39 is 9.06 Å². The zero-order valence-corrected chi connectivity index (χ0v) is 26.8. The highest BCUT2D eigenvalue weighted by atomic mass is 33.2. The topological polar surface area (TPSA) is 0 Å². The third kappa shape index (κ3) is 15.1. The van der Waals surface area contributed by atoms with Crippen LogP contribution in [0.3, 0.4) is 0 Å². The number of rotatable bonds is 25. The van der Waals surface area contributed by atoms with Crippen LogP contribution < -0.4 is 0 Å². The number of benzene rings is 2. The minimum atomic E-state index is -0.927. The summed E-state index contributed by atoms with van der Waals surface area (Å²) < 4.78 is 0. The quantitative estimate of drug-likeness (QED) is 0.0865. The first kappa shape index (κ1) is 33.3. The standard InChI is InChI=1S/C36H60S2/c1-3-5-7-9-11-13-15-17-19-27-33-38(36-31-25-22-26-32-36,37-35-29-23-21-24-30-35)34-28-20-18-16-14-12-10-8-6-4-2/h21-26,29-32H,3-20,27-28,33-34H2,1-2H3. The fourth-order valence-corrected chi connectivity index (χ4v) is 12.3. The molecule has 0 radical (unpaired) electrons. The Bertz CT molecular complexity index is 733. The largest absolute Gasteiger partial charge is 0.161 e. The van der Waals surface area contributed by atoms with Gasteiger partial charge in [-0.2, -0.15) is 9.06 Å². The Kier molecular flexibility index (Phi) is 20.1. The van der Waals surface area contributed by atoms with Gasteiger partial charge in [0.05, 0.1) is 0 Å². The molecule has 0 fully saturated rings. The van der Waals surface area contributed by atoms with Crippen LogP contribution in [0.4, 0.5) is 0 Å². The van der Waals surface area contributed by atoms with Gasteiger partial charge in [0.1, 0.15) is 0 Å². The van der Waals surface area contributed by atoms with Crippen LogP contribution in [0.1, 0.15) is 142 Å². The van der Waals surface area contributed by atoms with Gasteiger partial charge in [0.25, 0.3) is 0 Å². The van der Waals surface area contributed by atoms with E-state index >= 15 is 0 Å². The summed E-state index contributed by atoms with van der Waals surface area (Å²) in [5.41, 5.74) is 0. The molecule has 0 aliphatic rings. The maximum atomic E-state index is 2.44. The second-order valence-corrected chi connectivity index (χ2v) is 17.3. The van der Waals surface area contributed by atoms with E-state index in [-0.39, 0.29) is 0 Å². The monoisotopic (exact) mass is 556 g/mol. The minimum absolute atomic E-state index is 0.927. The number of hydrogen-bond acceptors (Lipinski definition) is 1. The summed E-state index contributed by atoms with van der Waals surface area (Å²) in [5, 5.41) is 0. The first-order valence-electron chi connectivity index (χ1n) is 16.4. The van der Waals surface area contributed by atoms with Crippen molar-refractivity contribution >= 4 is 19.9 Å². The Morgan fingerprint density at radius 2 is 0.763 bits per heavy atom. The predicted octanol–water partition coefficient (Wildman–Crippen LogP) is 13.4. The van der Waals surface area contributed by atoms with Crippen LogP contribution in [-0.4, -0.2) is 11.5 Å². The molecular weight excluding hydrogens is 497 g/mol. The second kappa shape index (κ2) is 22.9. The van der Waals surface area contributed by atoms with Crippen LogP contribution in [-0.2, 0) is 0 Å². The fourth-order valence-electron chi connectivity index (χ4n) is 5.44. The first-order chi connectivity index (χ1) is 18.8. The van der Waals surface area contributed by atoms with E-state index in [9.17, 15) is 0 Å². The molecule has 0 aromatic heterocycles. The Labute approximate surface area is 243 Å². The summed E-state index contributed by atoms with van der Waals surface area (Å²) in [7, 11) is 1.30. The zero-order valence-electron chi connectivity index (χ0n) is 25.1. The summed E-state index contributed by atoms with van der Waals surface area (Å²) in [6.45, 7) is 4.62. The van der Waals surface area contributed by atoms with Crippen molar-refractivity contribution < 1.29 is 0 Å². The molecule has 2 aromatic carbocycles. The molecule has 0 saturated carbocycles. The van der Waals surface area contributed by atoms with E-state index in [2.05, 4.69) is 85.3 Å². The molecule has 0 nitrogen and oxygen atoms in total. The van der Waals surface area contributed by atoms with Crippen LogP contribution >= 0.6 is 19.9 Å². The van der Waals surface area contributed by atoms with Crippen molar-refractivity contribution in [2.45, 2.75) is 152 Å². The molecule has 0 amide bonds. The van der Waals surface area contributed by atoms with E-state index in [1.54, 1.807) is 4.90 Å². The fraction of sp³-hybridized carbons (Fsp3) is 0.667. The highest BCUT2D eigenvalue weighted by Gasteiger charge is 2.27. The summed E-state index contributed by atoms with van der Waals surface area (Å²) in [6, 6.07) is 22.9. The van der Waals surface area contributed by atoms with Crippen LogP contribution in [0.2, 0.25) is 0 Å². The molecule has 0 atom stereocenters. The van der Waals surface area contributed by atoms with Gasteiger partial charge in [-0.05, 0) is 53.5 Å². The summed E-state index contributed by atoms with van der Waals surface area (Å²) in [4.78, 5) is 3.09. The molecule has 0 spiro atoms. The third-order valence-electron chi connectivity index (χ3n) is 7.83. The lowest BCUT2D eigenvalue weighted by Crippen LogP contribution is -2.08. The van der Waals surface area contributed by atoms with E-state index in [4.69, 9.17) is 0 Å². The van der Waals surface area contributed by atoms with Gasteiger partial charge in [-0.3, -0.25) is 0 Å². The maximum absolute atomic E-state index is 2.44. The molecule has 0 unspecified atom stereocenters. The van der Waals surface area contributed by atoms with Crippen molar-refractivity contribution in [1.82, 2.24) is 0 Å². The molecule has 2 aromatic rings. The van der Waals surface area contributed by atoms with Crippen LogP contribution in [0.15, 0.2) is 70.5 Å². The third-order valence-corrected chi connectivity index (χ3v) is 14.7.